The molecule has 0 saturated heterocycles. The molecule has 30 heavy (non-hydrogen) atoms. The monoisotopic (exact) mass is 567 g/mol. The quantitative estimate of drug-likeness (QED) is 0.293. The summed E-state index contributed by atoms with van der Waals surface area (Å²) in [7, 11) is -3.21. The van der Waals surface area contributed by atoms with Gasteiger partial charge in [-0.3, -0.25) is 0 Å². The molecule has 0 unspecified atom stereocenters. The number of hydrogen-bond donors (Lipinski definition) is 2. The summed E-state index contributed by atoms with van der Waals surface area (Å²) in [6, 6.07) is 11.1. The number of benzene rings is 2. The first-order valence-corrected chi connectivity index (χ1v) is 11.6. The van der Waals surface area contributed by atoms with Crippen LogP contribution in [0.3, 0.4) is 0 Å². The molecule has 2 rings (SSSR count). The van der Waals surface area contributed by atoms with Crippen molar-refractivity contribution in [2.75, 3.05) is 19.3 Å². The van der Waals surface area contributed by atoms with E-state index in [1.807, 2.05) is 20.8 Å². The van der Waals surface area contributed by atoms with Gasteiger partial charge in [0, 0.05) is 29.8 Å². The Balaban J connectivity index is 0.00000450. The number of nitrogens with zero attached hydrogens (tertiary/aromatic N) is 1. The van der Waals surface area contributed by atoms with Crippen molar-refractivity contribution in [3.63, 3.8) is 0 Å². The van der Waals surface area contributed by atoms with Crippen LogP contribution in [0.5, 0.6) is 0 Å². The van der Waals surface area contributed by atoms with Crippen molar-refractivity contribution in [2.45, 2.75) is 37.6 Å². The topological polar surface area (TPSA) is 70.6 Å². The van der Waals surface area contributed by atoms with Gasteiger partial charge >= 0.3 is 0 Å². The zero-order valence-electron chi connectivity index (χ0n) is 17.5. The van der Waals surface area contributed by atoms with Crippen LogP contribution in [0.15, 0.2) is 52.4 Å². The van der Waals surface area contributed by atoms with Crippen LogP contribution in [0.4, 0.5) is 4.39 Å². The second-order valence-electron chi connectivity index (χ2n) is 7.47. The molecule has 0 saturated carbocycles. The van der Waals surface area contributed by atoms with Crippen molar-refractivity contribution >= 4 is 51.4 Å². The van der Waals surface area contributed by atoms with Gasteiger partial charge in [0.15, 0.2) is 15.8 Å². The zero-order chi connectivity index (χ0) is 21.7. The lowest BCUT2D eigenvalue weighted by Crippen LogP contribution is -2.43. The summed E-state index contributed by atoms with van der Waals surface area (Å²) in [5, 5.41) is 6.88. The van der Waals surface area contributed by atoms with Crippen LogP contribution in [0.25, 0.3) is 0 Å². The number of guanidine groups is 1. The van der Waals surface area contributed by atoms with Gasteiger partial charge in [-0.15, -0.1) is 24.0 Å². The Bertz CT molecular complexity index is 980. The van der Waals surface area contributed by atoms with Gasteiger partial charge in [-0.25, -0.2) is 17.8 Å². The fraction of sp³-hybridized carbons (Fsp3) is 0.381. The highest BCUT2D eigenvalue weighted by atomic mass is 127. The van der Waals surface area contributed by atoms with Gasteiger partial charge in [0.05, 0.1) is 11.4 Å². The minimum Gasteiger partial charge on any atom is -0.357 e. The molecule has 0 aliphatic rings. The predicted octanol–water partition coefficient (Wildman–Crippen LogP) is 4.53. The first kappa shape index (κ1) is 26.6. The molecule has 2 aromatic carbocycles. The Morgan fingerprint density at radius 2 is 1.77 bits per heavy atom. The lowest BCUT2D eigenvalue weighted by molar-refractivity contribution is 0.507. The van der Waals surface area contributed by atoms with Gasteiger partial charge in [-0.05, 0) is 42.3 Å². The number of hydrogen-bond acceptors (Lipinski definition) is 3. The highest BCUT2D eigenvalue weighted by Gasteiger charge is 2.24. The third-order valence-electron chi connectivity index (χ3n) is 4.47. The van der Waals surface area contributed by atoms with E-state index in [2.05, 4.69) is 15.6 Å². The molecule has 0 atom stereocenters. The highest BCUT2D eigenvalue weighted by molar-refractivity contribution is 14.0. The van der Waals surface area contributed by atoms with E-state index >= 15 is 0 Å². The summed E-state index contributed by atoms with van der Waals surface area (Å²) >= 11 is 6.22. The summed E-state index contributed by atoms with van der Waals surface area (Å²) in [4.78, 5) is 4.85. The summed E-state index contributed by atoms with van der Waals surface area (Å²) in [6.45, 7) is 7.64. The molecule has 0 bridgehead atoms. The molecule has 0 radical (unpaired) electrons. The summed E-state index contributed by atoms with van der Waals surface area (Å²) < 4.78 is 36.5. The maximum absolute atomic E-state index is 13.3. The molecule has 0 heterocycles. The van der Waals surface area contributed by atoms with Gasteiger partial charge in [-0.2, -0.15) is 0 Å². The largest absolute Gasteiger partial charge is 0.357 e. The molecule has 0 aromatic heterocycles. The van der Waals surface area contributed by atoms with E-state index in [1.165, 1.54) is 18.4 Å². The second kappa shape index (κ2) is 11.3. The summed E-state index contributed by atoms with van der Waals surface area (Å²) in [6.07, 6.45) is 1.18. The van der Waals surface area contributed by atoms with Gasteiger partial charge in [0.1, 0.15) is 5.82 Å². The van der Waals surface area contributed by atoms with Gasteiger partial charge < -0.3 is 10.6 Å². The summed E-state index contributed by atoms with van der Waals surface area (Å²) in [5.41, 5.74) is 1.40. The van der Waals surface area contributed by atoms with Crippen molar-refractivity contribution in [2.24, 2.45) is 4.99 Å². The molecule has 5 nitrogen and oxygen atoms in total. The van der Waals surface area contributed by atoms with Gasteiger partial charge in [0.2, 0.25) is 0 Å². The fourth-order valence-corrected chi connectivity index (χ4v) is 3.85. The van der Waals surface area contributed by atoms with Crippen LogP contribution < -0.4 is 10.6 Å². The van der Waals surface area contributed by atoms with Crippen LogP contribution in [-0.2, 0) is 21.8 Å². The van der Waals surface area contributed by atoms with E-state index in [-0.39, 0.29) is 40.1 Å². The number of nitrogens with one attached hydrogen (secondary N) is 2. The van der Waals surface area contributed by atoms with Crippen LogP contribution in [0.2, 0.25) is 5.02 Å². The average molecular weight is 568 g/mol. The number of rotatable bonds is 7. The van der Waals surface area contributed by atoms with Crippen LogP contribution in [-0.4, -0.2) is 33.7 Å². The Hall–Kier alpha value is -1.39. The average Bonchev–Trinajstić information content (AvgIpc) is 2.63. The number of halogens is 3. The minimum absolute atomic E-state index is 0. The summed E-state index contributed by atoms with van der Waals surface area (Å²) in [5.74, 6) is 0.269. The Morgan fingerprint density at radius 1 is 1.13 bits per heavy atom. The van der Waals surface area contributed by atoms with E-state index in [1.54, 1.807) is 30.3 Å². The molecule has 0 aliphatic heterocycles. The molecule has 166 valence electrons. The van der Waals surface area contributed by atoms with E-state index in [4.69, 9.17) is 11.6 Å². The van der Waals surface area contributed by atoms with Gasteiger partial charge in [0.25, 0.3) is 0 Å². The van der Waals surface area contributed by atoms with Crippen LogP contribution in [0, 0.1) is 5.82 Å². The third-order valence-corrected chi connectivity index (χ3v) is 5.91. The Morgan fingerprint density at radius 3 is 2.30 bits per heavy atom. The van der Waals surface area contributed by atoms with Gasteiger partial charge in [-0.1, -0.05) is 43.6 Å². The first-order chi connectivity index (χ1) is 13.5. The second-order valence-corrected chi connectivity index (χ2v) is 9.90. The normalized spacial score (nSPS) is 12.3. The van der Waals surface area contributed by atoms with Crippen molar-refractivity contribution in [3.8, 4) is 0 Å². The molecule has 9 heteroatoms. The molecular weight excluding hydrogens is 540 g/mol. The number of sulfone groups is 1. The fourth-order valence-electron chi connectivity index (χ4n) is 2.79. The van der Waals surface area contributed by atoms with E-state index in [0.29, 0.717) is 30.6 Å². The van der Waals surface area contributed by atoms with Crippen LogP contribution >= 0.6 is 35.6 Å². The lowest BCUT2D eigenvalue weighted by Gasteiger charge is -2.27. The van der Waals surface area contributed by atoms with E-state index < -0.39 is 9.84 Å². The van der Waals surface area contributed by atoms with Crippen molar-refractivity contribution in [1.82, 2.24) is 10.6 Å². The zero-order valence-corrected chi connectivity index (χ0v) is 21.4. The highest BCUT2D eigenvalue weighted by Crippen LogP contribution is 2.29. The molecule has 0 amide bonds. The van der Waals surface area contributed by atoms with E-state index in [0.717, 1.165) is 11.1 Å². The molecule has 0 aliphatic carbocycles. The number of aliphatic imine (C=N–C) groups is 1. The minimum atomic E-state index is -3.21. The molecule has 2 N–H and O–H groups in total. The maximum Gasteiger partial charge on any atom is 0.191 e. The standard InChI is InChI=1S/C21H27ClFN3O2S.HI/c1-5-24-20(25-13-15-6-9-17(10-7-15)29(4,27)28)26-14-21(2,3)18-11-8-16(23)12-19(18)22;/h6-12H,5,13-14H2,1-4H3,(H2,24,25,26);1H. The SMILES string of the molecule is CCNC(=NCc1ccc(S(C)(=O)=O)cc1)NCC(C)(C)c1ccc(F)cc1Cl.I. The molecule has 0 fully saturated rings. The van der Waals surface area contributed by atoms with Crippen molar-refractivity contribution in [1.29, 1.82) is 0 Å². The van der Waals surface area contributed by atoms with Crippen LogP contribution in [0.1, 0.15) is 31.9 Å². The third kappa shape index (κ3) is 7.70. The van der Waals surface area contributed by atoms with Crippen molar-refractivity contribution in [3.05, 3.63) is 64.4 Å². The van der Waals surface area contributed by atoms with E-state index in [9.17, 15) is 12.8 Å². The lowest BCUT2D eigenvalue weighted by atomic mass is 9.84. The Kier molecular flexibility index (Phi) is 10.0. The smallest absolute Gasteiger partial charge is 0.191 e. The first-order valence-electron chi connectivity index (χ1n) is 9.29. The molecule has 2 aromatic rings. The van der Waals surface area contributed by atoms with Crippen molar-refractivity contribution < 1.29 is 12.8 Å². The predicted molar refractivity (Wildman–Crippen MR) is 132 cm³/mol. The maximum atomic E-state index is 13.3. The molecule has 0 spiro atoms. The Labute approximate surface area is 200 Å². The molecular formula is C21H28ClFIN3O2S.